The molecular formula is C15H18N4O3S. The standard InChI is InChI=1S/C15H18N4O3S/c1-21-10-5-6-11(12(7-10)22-2)16-13(20)8-23-15-17-14(18-19-15)9-3-4-9/h5-7,9H,3-4,8H2,1-2H3,(H,16,20)(H,17,18,19). The molecule has 0 spiro atoms. The summed E-state index contributed by atoms with van der Waals surface area (Å²) < 4.78 is 10.4. The molecule has 1 saturated carbocycles. The van der Waals surface area contributed by atoms with E-state index >= 15 is 0 Å². The Morgan fingerprint density at radius 1 is 1.39 bits per heavy atom. The smallest absolute Gasteiger partial charge is 0.234 e. The van der Waals surface area contributed by atoms with Crippen LogP contribution in [-0.2, 0) is 4.79 Å². The normalized spacial score (nSPS) is 13.7. The quantitative estimate of drug-likeness (QED) is 0.756. The number of aromatic nitrogens is 3. The fourth-order valence-corrected chi connectivity index (χ4v) is 2.69. The summed E-state index contributed by atoms with van der Waals surface area (Å²) in [4.78, 5) is 16.5. The molecule has 0 unspecified atom stereocenters. The van der Waals surface area contributed by atoms with Crippen LogP contribution in [-0.4, -0.2) is 41.1 Å². The first kappa shape index (κ1) is 15.7. The summed E-state index contributed by atoms with van der Waals surface area (Å²) >= 11 is 1.30. The summed E-state index contributed by atoms with van der Waals surface area (Å²) in [6, 6.07) is 5.24. The first-order valence-corrected chi connectivity index (χ1v) is 8.25. The van der Waals surface area contributed by atoms with E-state index in [1.54, 1.807) is 32.4 Å². The number of nitrogens with one attached hydrogen (secondary N) is 2. The lowest BCUT2D eigenvalue weighted by molar-refractivity contribution is -0.113. The van der Waals surface area contributed by atoms with Crippen molar-refractivity contribution in [2.45, 2.75) is 23.9 Å². The molecule has 0 radical (unpaired) electrons. The molecule has 1 aromatic heterocycles. The van der Waals surface area contributed by atoms with Gasteiger partial charge in [-0.1, -0.05) is 11.8 Å². The highest BCUT2D eigenvalue weighted by Gasteiger charge is 2.27. The SMILES string of the molecule is COc1ccc(NC(=O)CSc2n[nH]c(C3CC3)n2)c(OC)c1. The maximum absolute atomic E-state index is 12.1. The molecule has 1 heterocycles. The summed E-state index contributed by atoms with van der Waals surface area (Å²) in [5.74, 6) is 2.76. The number of carbonyl (C=O) groups excluding carboxylic acids is 1. The molecule has 7 nitrogen and oxygen atoms in total. The van der Waals surface area contributed by atoms with Crippen LogP contribution >= 0.6 is 11.8 Å². The highest BCUT2D eigenvalue weighted by atomic mass is 32.2. The first-order valence-electron chi connectivity index (χ1n) is 7.26. The predicted octanol–water partition coefficient (Wildman–Crippen LogP) is 2.43. The van der Waals surface area contributed by atoms with Crippen LogP contribution in [0.15, 0.2) is 23.4 Å². The number of anilines is 1. The Kier molecular flexibility index (Phi) is 4.71. The van der Waals surface area contributed by atoms with E-state index in [4.69, 9.17) is 9.47 Å². The highest BCUT2D eigenvalue weighted by molar-refractivity contribution is 7.99. The fraction of sp³-hybridized carbons (Fsp3) is 0.400. The number of amides is 1. The molecule has 0 aliphatic heterocycles. The van der Waals surface area contributed by atoms with E-state index in [0.717, 1.165) is 18.7 Å². The Bertz CT molecular complexity index is 700. The van der Waals surface area contributed by atoms with Crippen molar-refractivity contribution in [1.29, 1.82) is 0 Å². The van der Waals surface area contributed by atoms with Gasteiger partial charge in [-0.05, 0) is 25.0 Å². The third kappa shape index (κ3) is 3.95. The summed E-state index contributed by atoms with van der Waals surface area (Å²) in [7, 11) is 3.13. The number of rotatable bonds is 7. The van der Waals surface area contributed by atoms with Gasteiger partial charge in [-0.25, -0.2) is 4.98 Å². The van der Waals surface area contributed by atoms with Gasteiger partial charge in [0.1, 0.15) is 17.3 Å². The molecule has 8 heteroatoms. The van der Waals surface area contributed by atoms with Crippen molar-refractivity contribution in [3.8, 4) is 11.5 Å². The fourth-order valence-electron chi connectivity index (χ4n) is 2.08. The average Bonchev–Trinajstić information content (AvgIpc) is 3.32. The van der Waals surface area contributed by atoms with Crippen molar-refractivity contribution in [1.82, 2.24) is 15.2 Å². The largest absolute Gasteiger partial charge is 0.497 e. The Hall–Kier alpha value is -2.22. The predicted molar refractivity (Wildman–Crippen MR) is 87.3 cm³/mol. The number of methoxy groups -OCH3 is 2. The number of hydrogen-bond acceptors (Lipinski definition) is 6. The van der Waals surface area contributed by atoms with Crippen molar-refractivity contribution in [3.05, 3.63) is 24.0 Å². The highest BCUT2D eigenvalue weighted by Crippen LogP contribution is 2.38. The van der Waals surface area contributed by atoms with E-state index in [1.807, 2.05) is 0 Å². The van der Waals surface area contributed by atoms with E-state index in [-0.39, 0.29) is 11.7 Å². The zero-order valence-corrected chi connectivity index (χ0v) is 13.8. The lowest BCUT2D eigenvalue weighted by atomic mass is 10.2. The second kappa shape index (κ2) is 6.91. The number of benzene rings is 1. The molecular weight excluding hydrogens is 316 g/mol. The third-order valence-electron chi connectivity index (χ3n) is 3.46. The van der Waals surface area contributed by atoms with Gasteiger partial charge in [-0.2, -0.15) is 0 Å². The average molecular weight is 334 g/mol. The van der Waals surface area contributed by atoms with Gasteiger partial charge in [0.25, 0.3) is 0 Å². The van der Waals surface area contributed by atoms with Gasteiger partial charge in [-0.3, -0.25) is 9.89 Å². The molecule has 1 fully saturated rings. The summed E-state index contributed by atoms with van der Waals surface area (Å²) in [5, 5.41) is 10.5. The van der Waals surface area contributed by atoms with Crippen LogP contribution in [0.3, 0.4) is 0 Å². The van der Waals surface area contributed by atoms with E-state index in [2.05, 4.69) is 20.5 Å². The van der Waals surface area contributed by atoms with Crippen LogP contribution in [0.4, 0.5) is 5.69 Å². The number of nitrogens with zero attached hydrogens (tertiary/aromatic N) is 2. The lowest BCUT2D eigenvalue weighted by Gasteiger charge is -2.11. The van der Waals surface area contributed by atoms with Crippen molar-refractivity contribution < 1.29 is 14.3 Å². The van der Waals surface area contributed by atoms with Crippen LogP contribution in [0.5, 0.6) is 11.5 Å². The molecule has 0 bridgehead atoms. The Balaban J connectivity index is 1.56. The van der Waals surface area contributed by atoms with Gasteiger partial charge in [-0.15, -0.1) is 5.10 Å². The maximum Gasteiger partial charge on any atom is 0.234 e. The molecule has 2 N–H and O–H groups in total. The summed E-state index contributed by atoms with van der Waals surface area (Å²) in [5.41, 5.74) is 0.604. The number of ether oxygens (including phenoxy) is 2. The number of carbonyl (C=O) groups is 1. The van der Waals surface area contributed by atoms with Gasteiger partial charge in [0.05, 0.1) is 25.7 Å². The number of aromatic amines is 1. The Labute approximate surface area is 138 Å². The van der Waals surface area contributed by atoms with Crippen LogP contribution in [0.1, 0.15) is 24.6 Å². The molecule has 1 amide bonds. The first-order chi connectivity index (χ1) is 11.2. The molecule has 3 rings (SSSR count). The summed E-state index contributed by atoms with van der Waals surface area (Å²) in [6.07, 6.45) is 2.33. The molecule has 122 valence electrons. The van der Waals surface area contributed by atoms with Crippen LogP contribution in [0.2, 0.25) is 0 Å². The van der Waals surface area contributed by atoms with Gasteiger partial charge in [0, 0.05) is 12.0 Å². The monoisotopic (exact) mass is 334 g/mol. The van der Waals surface area contributed by atoms with E-state index in [1.165, 1.54) is 11.8 Å². The molecule has 1 aromatic carbocycles. The van der Waals surface area contributed by atoms with Gasteiger partial charge >= 0.3 is 0 Å². The van der Waals surface area contributed by atoms with Crippen molar-refractivity contribution in [3.63, 3.8) is 0 Å². The molecule has 2 aromatic rings. The maximum atomic E-state index is 12.1. The zero-order valence-electron chi connectivity index (χ0n) is 13.0. The number of thioether (sulfide) groups is 1. The zero-order chi connectivity index (χ0) is 16.2. The van der Waals surface area contributed by atoms with Gasteiger partial charge < -0.3 is 14.8 Å². The topological polar surface area (TPSA) is 89.1 Å². The van der Waals surface area contributed by atoms with Crippen molar-refractivity contribution in [2.24, 2.45) is 0 Å². The Morgan fingerprint density at radius 3 is 2.91 bits per heavy atom. The molecule has 1 aliphatic carbocycles. The molecule has 0 saturated heterocycles. The minimum atomic E-state index is -0.142. The Morgan fingerprint density at radius 2 is 2.22 bits per heavy atom. The summed E-state index contributed by atoms with van der Waals surface area (Å²) in [6.45, 7) is 0. The molecule has 1 aliphatic rings. The van der Waals surface area contributed by atoms with E-state index < -0.39 is 0 Å². The molecule has 23 heavy (non-hydrogen) atoms. The minimum Gasteiger partial charge on any atom is -0.497 e. The second-order valence-corrected chi connectivity index (χ2v) is 6.12. The number of hydrogen-bond donors (Lipinski definition) is 2. The van der Waals surface area contributed by atoms with Gasteiger partial charge in [0.15, 0.2) is 0 Å². The third-order valence-corrected chi connectivity index (χ3v) is 4.31. The molecule has 0 atom stereocenters. The second-order valence-electron chi connectivity index (χ2n) is 5.18. The van der Waals surface area contributed by atoms with E-state index in [9.17, 15) is 4.79 Å². The van der Waals surface area contributed by atoms with Crippen LogP contribution < -0.4 is 14.8 Å². The van der Waals surface area contributed by atoms with Crippen LogP contribution in [0, 0.1) is 0 Å². The van der Waals surface area contributed by atoms with Crippen LogP contribution in [0.25, 0.3) is 0 Å². The number of H-pyrrole nitrogens is 1. The van der Waals surface area contributed by atoms with Crippen molar-refractivity contribution >= 4 is 23.4 Å². The van der Waals surface area contributed by atoms with Crippen molar-refractivity contribution in [2.75, 3.05) is 25.3 Å². The lowest BCUT2D eigenvalue weighted by Crippen LogP contribution is -2.14. The minimum absolute atomic E-state index is 0.142. The van der Waals surface area contributed by atoms with E-state index in [0.29, 0.717) is 28.3 Å². The van der Waals surface area contributed by atoms with Gasteiger partial charge in [0.2, 0.25) is 11.1 Å².